The number of amides is 2. The molecule has 0 fully saturated rings. The van der Waals surface area contributed by atoms with E-state index in [9.17, 15) is 9.59 Å². The number of benzene rings is 2. The average molecular weight is 367 g/mol. The van der Waals surface area contributed by atoms with Crippen LogP contribution in [0.25, 0.3) is 0 Å². The van der Waals surface area contributed by atoms with E-state index >= 15 is 0 Å². The minimum Gasteiger partial charge on any atom is -0.479 e. The zero-order chi connectivity index (χ0) is 19.4. The number of rotatable bonds is 6. The first-order chi connectivity index (χ1) is 12.9. The molecule has 0 radical (unpaired) electrons. The third-order valence-electron chi connectivity index (χ3n) is 4.49. The zero-order valence-electron chi connectivity index (χ0n) is 15.8. The maximum atomic E-state index is 12.7. The van der Waals surface area contributed by atoms with Crippen molar-refractivity contribution in [1.29, 1.82) is 0 Å². The summed E-state index contributed by atoms with van der Waals surface area (Å²) in [6.45, 7) is 6.17. The number of ether oxygens (including phenoxy) is 1. The lowest BCUT2D eigenvalue weighted by Gasteiger charge is -2.26. The predicted octanol–water partition coefficient (Wildman–Crippen LogP) is 3.16. The first-order valence-electron chi connectivity index (χ1n) is 9.14. The molecule has 0 aliphatic carbocycles. The Bertz CT molecular complexity index is 821. The van der Waals surface area contributed by atoms with E-state index in [1.54, 1.807) is 19.1 Å². The average Bonchev–Trinajstić information content (AvgIpc) is 2.66. The number of hydrogen-bond acceptors (Lipinski definition) is 4. The molecular formula is C21H25N3O3. The molecule has 1 heterocycles. The Balaban J connectivity index is 1.68. The Kier molecular flexibility index (Phi) is 5.64. The van der Waals surface area contributed by atoms with Gasteiger partial charge in [-0.25, -0.2) is 0 Å². The van der Waals surface area contributed by atoms with Crippen molar-refractivity contribution < 1.29 is 14.3 Å². The molecule has 0 spiro atoms. The topological polar surface area (TPSA) is 79.5 Å². The van der Waals surface area contributed by atoms with Gasteiger partial charge in [0, 0.05) is 12.2 Å². The molecule has 0 bridgehead atoms. The van der Waals surface area contributed by atoms with Crippen molar-refractivity contribution in [3.05, 3.63) is 54.1 Å². The summed E-state index contributed by atoms with van der Waals surface area (Å²) < 4.78 is 5.57. The molecule has 0 saturated heterocycles. The molecule has 0 saturated carbocycles. The minimum atomic E-state index is -0.511. The van der Waals surface area contributed by atoms with Gasteiger partial charge in [0.1, 0.15) is 11.8 Å². The summed E-state index contributed by atoms with van der Waals surface area (Å²) >= 11 is 0. The van der Waals surface area contributed by atoms with Crippen LogP contribution in [0.3, 0.4) is 0 Å². The largest absolute Gasteiger partial charge is 0.479 e. The van der Waals surface area contributed by atoms with Crippen LogP contribution in [0.5, 0.6) is 5.75 Å². The molecule has 3 rings (SSSR count). The lowest BCUT2D eigenvalue weighted by atomic mass is 10.0. The van der Waals surface area contributed by atoms with Crippen molar-refractivity contribution in [1.82, 2.24) is 5.32 Å². The van der Waals surface area contributed by atoms with E-state index in [4.69, 9.17) is 4.74 Å². The van der Waals surface area contributed by atoms with E-state index in [1.807, 2.05) is 50.2 Å². The molecule has 3 N–H and O–H groups in total. The highest BCUT2D eigenvalue weighted by Gasteiger charge is 2.25. The van der Waals surface area contributed by atoms with Crippen LogP contribution in [0.4, 0.5) is 11.4 Å². The summed E-state index contributed by atoms with van der Waals surface area (Å²) in [4.78, 5) is 24.5. The molecule has 6 nitrogen and oxygen atoms in total. The van der Waals surface area contributed by atoms with Crippen LogP contribution < -0.4 is 20.7 Å². The number of hydrogen-bond donors (Lipinski definition) is 3. The van der Waals surface area contributed by atoms with Gasteiger partial charge in [-0.1, -0.05) is 44.2 Å². The van der Waals surface area contributed by atoms with Gasteiger partial charge in [0.05, 0.1) is 5.69 Å². The van der Waals surface area contributed by atoms with Gasteiger partial charge in [0.2, 0.25) is 5.91 Å². The Morgan fingerprint density at radius 1 is 1.19 bits per heavy atom. The van der Waals surface area contributed by atoms with Crippen LogP contribution in [0, 0.1) is 5.92 Å². The van der Waals surface area contributed by atoms with Gasteiger partial charge in [0.15, 0.2) is 6.10 Å². The fourth-order valence-electron chi connectivity index (χ4n) is 2.91. The molecule has 1 aliphatic heterocycles. The van der Waals surface area contributed by atoms with E-state index < -0.39 is 12.1 Å². The van der Waals surface area contributed by atoms with Crippen molar-refractivity contribution in [3.63, 3.8) is 0 Å². The number of carbonyl (C=O) groups excluding carboxylic acids is 2. The van der Waals surface area contributed by atoms with Gasteiger partial charge in [-0.3, -0.25) is 9.59 Å². The molecule has 0 aromatic heterocycles. The van der Waals surface area contributed by atoms with Crippen molar-refractivity contribution in [3.8, 4) is 5.75 Å². The van der Waals surface area contributed by atoms with Crippen molar-refractivity contribution in [2.24, 2.45) is 5.92 Å². The van der Waals surface area contributed by atoms with Gasteiger partial charge in [-0.15, -0.1) is 0 Å². The first-order valence-corrected chi connectivity index (χ1v) is 9.14. The second-order valence-corrected chi connectivity index (χ2v) is 7.03. The Labute approximate surface area is 159 Å². The Morgan fingerprint density at radius 3 is 2.63 bits per heavy atom. The number of carbonyl (C=O) groups is 2. The lowest BCUT2D eigenvalue weighted by molar-refractivity contribution is -0.123. The van der Waals surface area contributed by atoms with E-state index in [0.29, 0.717) is 18.0 Å². The van der Waals surface area contributed by atoms with Crippen molar-refractivity contribution >= 4 is 23.2 Å². The van der Waals surface area contributed by atoms with Crippen molar-refractivity contribution in [2.75, 3.05) is 10.6 Å². The highest BCUT2D eigenvalue weighted by atomic mass is 16.5. The Morgan fingerprint density at radius 2 is 1.93 bits per heavy atom. The van der Waals surface area contributed by atoms with Crippen LogP contribution >= 0.6 is 0 Å². The smallest absolute Gasteiger partial charge is 0.265 e. The van der Waals surface area contributed by atoms with Crippen LogP contribution in [-0.4, -0.2) is 24.0 Å². The summed E-state index contributed by atoms with van der Waals surface area (Å²) in [6.07, 6.45) is -0.511. The summed E-state index contributed by atoms with van der Waals surface area (Å²) in [5.41, 5.74) is 2.41. The molecule has 2 unspecified atom stereocenters. The highest BCUT2D eigenvalue weighted by Crippen LogP contribution is 2.32. The third-order valence-corrected chi connectivity index (χ3v) is 4.49. The van der Waals surface area contributed by atoms with Crippen LogP contribution in [0.2, 0.25) is 0 Å². The van der Waals surface area contributed by atoms with E-state index in [-0.39, 0.29) is 17.7 Å². The van der Waals surface area contributed by atoms with Crippen LogP contribution in [0.1, 0.15) is 26.3 Å². The monoisotopic (exact) mass is 367 g/mol. The maximum absolute atomic E-state index is 12.7. The summed E-state index contributed by atoms with van der Waals surface area (Å²) in [5.74, 6) is 0.464. The number of anilines is 2. The van der Waals surface area contributed by atoms with Crippen LogP contribution in [0.15, 0.2) is 48.5 Å². The zero-order valence-corrected chi connectivity index (χ0v) is 15.8. The normalized spacial score (nSPS) is 16.7. The maximum Gasteiger partial charge on any atom is 0.265 e. The SMILES string of the molecule is CC1Oc2ccc(NC(C(=O)NCc3ccccc3)C(C)C)cc2NC1=O. The summed E-state index contributed by atoms with van der Waals surface area (Å²) in [5, 5.41) is 9.08. The number of nitrogens with one attached hydrogen (secondary N) is 3. The van der Waals surface area contributed by atoms with Gasteiger partial charge in [0.25, 0.3) is 5.91 Å². The standard InChI is InChI=1S/C21H25N3O3/c1-13(2)19(21(26)22-12-15-7-5-4-6-8-15)23-16-9-10-18-17(11-16)24-20(25)14(3)27-18/h4-11,13-14,19,23H,12H2,1-3H3,(H,22,26)(H,24,25). The second kappa shape index (κ2) is 8.12. The van der Waals surface area contributed by atoms with Crippen LogP contribution in [-0.2, 0) is 16.1 Å². The van der Waals surface area contributed by atoms with Gasteiger partial charge >= 0.3 is 0 Å². The van der Waals surface area contributed by atoms with E-state index in [2.05, 4.69) is 16.0 Å². The Hall–Kier alpha value is -3.02. The molecule has 2 atom stereocenters. The number of fused-ring (bicyclic) bond motifs is 1. The predicted molar refractivity (Wildman–Crippen MR) is 106 cm³/mol. The van der Waals surface area contributed by atoms with E-state index in [0.717, 1.165) is 11.3 Å². The quantitative estimate of drug-likeness (QED) is 0.733. The highest BCUT2D eigenvalue weighted by molar-refractivity contribution is 5.98. The van der Waals surface area contributed by atoms with Gasteiger partial charge in [-0.05, 0) is 36.6 Å². The molecule has 2 aromatic rings. The fourth-order valence-corrected chi connectivity index (χ4v) is 2.91. The lowest BCUT2D eigenvalue weighted by Crippen LogP contribution is -2.42. The summed E-state index contributed by atoms with van der Waals surface area (Å²) in [7, 11) is 0. The fraction of sp³-hybridized carbons (Fsp3) is 0.333. The molecule has 2 aromatic carbocycles. The molecule has 142 valence electrons. The molecule has 6 heteroatoms. The van der Waals surface area contributed by atoms with Crippen molar-refractivity contribution in [2.45, 2.75) is 39.5 Å². The van der Waals surface area contributed by atoms with E-state index in [1.165, 1.54) is 0 Å². The molecule has 1 aliphatic rings. The first kappa shape index (κ1) is 18.8. The van der Waals surface area contributed by atoms with Gasteiger partial charge in [-0.2, -0.15) is 0 Å². The minimum absolute atomic E-state index is 0.0690. The summed E-state index contributed by atoms with van der Waals surface area (Å²) in [6, 6.07) is 14.8. The molecular weight excluding hydrogens is 342 g/mol. The molecule has 27 heavy (non-hydrogen) atoms. The third kappa shape index (κ3) is 4.58. The molecule has 2 amide bonds. The second-order valence-electron chi connectivity index (χ2n) is 7.03. The van der Waals surface area contributed by atoms with Gasteiger partial charge < -0.3 is 20.7 Å².